The fourth-order valence-electron chi connectivity index (χ4n) is 2.88. The molecule has 0 aliphatic carbocycles. The molecule has 0 unspecified atom stereocenters. The fourth-order valence-corrected chi connectivity index (χ4v) is 2.88. The van der Waals surface area contributed by atoms with Crippen molar-refractivity contribution >= 4 is 16.7 Å². The van der Waals surface area contributed by atoms with Crippen molar-refractivity contribution < 1.29 is 4.74 Å². The lowest BCUT2D eigenvalue weighted by Gasteiger charge is -2.15. The van der Waals surface area contributed by atoms with Gasteiger partial charge in [-0.2, -0.15) is 5.21 Å². The standard InChI is InChI=1S/C20H19N5O/c1-14-6-8-15(9-7-14)13-26-19-11-10-16-4-2-3-5-17(16)18(19)12-21-20-22-24-25-23-20/h2-11H,12-13H2,1H3,(H2,21,22,23,24,25). The third-order valence-electron chi connectivity index (χ3n) is 4.28. The van der Waals surface area contributed by atoms with Crippen molar-refractivity contribution in [3.05, 3.63) is 77.4 Å². The quantitative estimate of drug-likeness (QED) is 0.555. The molecule has 0 bridgehead atoms. The molecule has 0 radical (unpaired) electrons. The number of benzene rings is 3. The lowest BCUT2D eigenvalue weighted by Crippen LogP contribution is -2.05. The maximum Gasteiger partial charge on any atom is 0.263 e. The molecule has 0 amide bonds. The van der Waals surface area contributed by atoms with Gasteiger partial charge in [-0.3, -0.25) is 0 Å². The third-order valence-corrected chi connectivity index (χ3v) is 4.28. The van der Waals surface area contributed by atoms with E-state index in [1.807, 2.05) is 18.2 Å². The van der Waals surface area contributed by atoms with Gasteiger partial charge >= 0.3 is 0 Å². The van der Waals surface area contributed by atoms with Gasteiger partial charge in [0.2, 0.25) is 0 Å². The second kappa shape index (κ2) is 7.23. The first-order valence-electron chi connectivity index (χ1n) is 8.46. The number of hydrogen-bond donors (Lipinski definition) is 2. The molecule has 130 valence electrons. The SMILES string of the molecule is Cc1ccc(COc2ccc3ccccc3c2CNc2nn[nH]n2)cc1. The van der Waals surface area contributed by atoms with Crippen LogP contribution in [0.4, 0.5) is 5.95 Å². The molecular formula is C20H19N5O. The van der Waals surface area contributed by atoms with Crippen molar-refractivity contribution in [2.24, 2.45) is 0 Å². The van der Waals surface area contributed by atoms with E-state index < -0.39 is 0 Å². The van der Waals surface area contributed by atoms with Gasteiger partial charge in [-0.05, 0) is 34.5 Å². The summed E-state index contributed by atoms with van der Waals surface area (Å²) in [6, 6.07) is 20.7. The van der Waals surface area contributed by atoms with E-state index in [4.69, 9.17) is 4.74 Å². The minimum Gasteiger partial charge on any atom is -0.489 e. The van der Waals surface area contributed by atoms with Gasteiger partial charge in [0, 0.05) is 12.1 Å². The van der Waals surface area contributed by atoms with Gasteiger partial charge in [0.25, 0.3) is 5.95 Å². The second-order valence-corrected chi connectivity index (χ2v) is 6.13. The Morgan fingerprint density at radius 3 is 2.65 bits per heavy atom. The van der Waals surface area contributed by atoms with E-state index in [-0.39, 0.29) is 0 Å². The van der Waals surface area contributed by atoms with Crippen LogP contribution < -0.4 is 10.1 Å². The number of aryl methyl sites for hydroxylation is 1. The first-order valence-corrected chi connectivity index (χ1v) is 8.46. The van der Waals surface area contributed by atoms with Crippen molar-refractivity contribution in [1.82, 2.24) is 20.6 Å². The van der Waals surface area contributed by atoms with Crippen LogP contribution in [0.3, 0.4) is 0 Å². The molecule has 0 saturated heterocycles. The van der Waals surface area contributed by atoms with E-state index in [1.54, 1.807) is 0 Å². The number of anilines is 1. The Kier molecular flexibility index (Phi) is 4.47. The molecule has 0 saturated carbocycles. The molecule has 0 aliphatic heterocycles. The number of hydrogen-bond acceptors (Lipinski definition) is 5. The van der Waals surface area contributed by atoms with Gasteiger partial charge in [0.15, 0.2) is 0 Å². The summed E-state index contributed by atoms with van der Waals surface area (Å²) in [5.74, 6) is 1.31. The Morgan fingerprint density at radius 1 is 1.00 bits per heavy atom. The molecule has 0 fully saturated rings. The van der Waals surface area contributed by atoms with Crippen LogP contribution in [-0.2, 0) is 13.2 Å². The van der Waals surface area contributed by atoms with Crippen LogP contribution in [0.25, 0.3) is 10.8 Å². The highest BCUT2D eigenvalue weighted by Crippen LogP contribution is 2.29. The largest absolute Gasteiger partial charge is 0.489 e. The number of ether oxygens (including phenoxy) is 1. The van der Waals surface area contributed by atoms with Crippen molar-refractivity contribution in [2.75, 3.05) is 5.32 Å². The van der Waals surface area contributed by atoms with E-state index in [9.17, 15) is 0 Å². The predicted octanol–water partition coefficient (Wildman–Crippen LogP) is 3.85. The predicted molar refractivity (Wildman–Crippen MR) is 101 cm³/mol. The van der Waals surface area contributed by atoms with Crippen LogP contribution >= 0.6 is 0 Å². The van der Waals surface area contributed by atoms with Gasteiger partial charge in [-0.25, -0.2) is 0 Å². The number of fused-ring (bicyclic) bond motifs is 1. The Bertz CT molecular complexity index is 997. The zero-order valence-corrected chi connectivity index (χ0v) is 14.4. The Labute approximate surface area is 151 Å². The smallest absolute Gasteiger partial charge is 0.263 e. The third kappa shape index (κ3) is 3.49. The topological polar surface area (TPSA) is 75.7 Å². The number of nitrogens with one attached hydrogen (secondary N) is 2. The normalized spacial score (nSPS) is 10.8. The molecule has 0 aliphatic rings. The summed E-state index contributed by atoms with van der Waals surface area (Å²) in [5, 5.41) is 19.4. The highest BCUT2D eigenvalue weighted by atomic mass is 16.5. The molecule has 1 heterocycles. The molecule has 6 heteroatoms. The summed E-state index contributed by atoms with van der Waals surface area (Å²) in [7, 11) is 0. The molecule has 4 rings (SSSR count). The van der Waals surface area contributed by atoms with E-state index in [0.29, 0.717) is 19.1 Å². The Morgan fingerprint density at radius 2 is 1.85 bits per heavy atom. The fraction of sp³-hybridized carbons (Fsp3) is 0.150. The van der Waals surface area contributed by atoms with Crippen molar-refractivity contribution in [2.45, 2.75) is 20.1 Å². The van der Waals surface area contributed by atoms with Crippen molar-refractivity contribution in [3.8, 4) is 5.75 Å². The Balaban J connectivity index is 1.61. The zero-order chi connectivity index (χ0) is 17.8. The van der Waals surface area contributed by atoms with Crippen LogP contribution in [0.5, 0.6) is 5.75 Å². The Hall–Kier alpha value is -3.41. The molecule has 26 heavy (non-hydrogen) atoms. The number of H-pyrrole nitrogens is 1. The molecular weight excluding hydrogens is 326 g/mol. The first-order chi connectivity index (χ1) is 12.8. The molecule has 4 aromatic rings. The minimum atomic E-state index is 0.461. The van der Waals surface area contributed by atoms with E-state index in [1.165, 1.54) is 10.9 Å². The van der Waals surface area contributed by atoms with Crippen LogP contribution in [0.15, 0.2) is 60.7 Å². The zero-order valence-electron chi connectivity index (χ0n) is 14.4. The summed E-state index contributed by atoms with van der Waals surface area (Å²) in [6.45, 7) is 3.15. The van der Waals surface area contributed by atoms with Crippen molar-refractivity contribution in [3.63, 3.8) is 0 Å². The monoisotopic (exact) mass is 345 g/mol. The summed E-state index contributed by atoms with van der Waals surface area (Å²) in [4.78, 5) is 0. The molecule has 0 atom stereocenters. The molecule has 2 N–H and O–H groups in total. The summed E-state index contributed by atoms with van der Waals surface area (Å²) >= 11 is 0. The number of tetrazole rings is 1. The van der Waals surface area contributed by atoms with E-state index in [0.717, 1.165) is 22.3 Å². The molecule has 6 nitrogen and oxygen atoms in total. The lowest BCUT2D eigenvalue weighted by atomic mass is 10.0. The average molecular weight is 345 g/mol. The summed E-state index contributed by atoms with van der Waals surface area (Å²) < 4.78 is 6.14. The number of aromatic amines is 1. The number of rotatable bonds is 6. The van der Waals surface area contributed by atoms with E-state index in [2.05, 4.69) is 75.3 Å². The first kappa shape index (κ1) is 16.1. The van der Waals surface area contributed by atoms with Gasteiger partial charge in [0.05, 0.1) is 0 Å². The van der Waals surface area contributed by atoms with Crippen molar-refractivity contribution in [1.29, 1.82) is 0 Å². The van der Waals surface area contributed by atoms with Crippen LogP contribution in [-0.4, -0.2) is 20.6 Å². The second-order valence-electron chi connectivity index (χ2n) is 6.13. The lowest BCUT2D eigenvalue weighted by molar-refractivity contribution is 0.304. The minimum absolute atomic E-state index is 0.461. The van der Waals surface area contributed by atoms with Crippen LogP contribution in [0, 0.1) is 6.92 Å². The maximum atomic E-state index is 6.14. The van der Waals surface area contributed by atoms with Gasteiger partial charge in [-0.1, -0.05) is 65.3 Å². The van der Waals surface area contributed by atoms with Crippen LogP contribution in [0.2, 0.25) is 0 Å². The molecule has 1 aromatic heterocycles. The highest BCUT2D eigenvalue weighted by Gasteiger charge is 2.10. The molecule has 0 spiro atoms. The number of aromatic nitrogens is 4. The van der Waals surface area contributed by atoms with Gasteiger partial charge in [-0.15, -0.1) is 5.10 Å². The number of nitrogens with zero attached hydrogens (tertiary/aromatic N) is 3. The van der Waals surface area contributed by atoms with Gasteiger partial charge in [0.1, 0.15) is 12.4 Å². The average Bonchev–Trinajstić information content (AvgIpc) is 3.19. The highest BCUT2D eigenvalue weighted by molar-refractivity contribution is 5.88. The summed E-state index contributed by atoms with van der Waals surface area (Å²) in [6.07, 6.45) is 0. The summed E-state index contributed by atoms with van der Waals surface area (Å²) in [5.41, 5.74) is 3.45. The molecule has 3 aromatic carbocycles. The van der Waals surface area contributed by atoms with Gasteiger partial charge < -0.3 is 10.1 Å². The van der Waals surface area contributed by atoms with Crippen LogP contribution in [0.1, 0.15) is 16.7 Å². The van der Waals surface area contributed by atoms with E-state index >= 15 is 0 Å². The maximum absolute atomic E-state index is 6.14.